The molecule has 1 saturated heterocycles. The molecule has 29 heavy (non-hydrogen) atoms. The maximum atomic E-state index is 12.9. The largest absolute Gasteiger partial charge is 0.454 e. The molecule has 0 radical (unpaired) electrons. The standard InChI is InChI=1S/C19H18ClN3O5S/c20-14-4-6-15(7-5-14)29(25,26)23-9-1-2-16(23)19(24)22-21-11-13-3-8-17-18(10-13)28-12-27-17/h3-8,10-11,16H,1-2,9,12H2,(H,22,24)/b21-11-/t16-/m0/s1. The Kier molecular flexibility index (Phi) is 5.44. The Morgan fingerprint density at radius 2 is 1.93 bits per heavy atom. The predicted octanol–water partition coefficient (Wildman–Crippen LogP) is 2.37. The molecule has 152 valence electrons. The number of amides is 1. The van der Waals surface area contributed by atoms with E-state index in [0.717, 1.165) is 0 Å². The van der Waals surface area contributed by atoms with Crippen molar-refractivity contribution in [1.29, 1.82) is 0 Å². The number of hydrogen-bond acceptors (Lipinski definition) is 6. The minimum atomic E-state index is -3.80. The first kappa shape index (κ1) is 19.7. The van der Waals surface area contributed by atoms with E-state index in [-0.39, 0.29) is 18.2 Å². The lowest BCUT2D eigenvalue weighted by Crippen LogP contribution is -2.44. The van der Waals surface area contributed by atoms with Gasteiger partial charge in [-0.05, 0) is 60.9 Å². The van der Waals surface area contributed by atoms with E-state index in [1.165, 1.54) is 34.8 Å². The summed E-state index contributed by atoms with van der Waals surface area (Å²) >= 11 is 5.84. The van der Waals surface area contributed by atoms with Gasteiger partial charge in [-0.3, -0.25) is 4.79 Å². The first-order valence-corrected chi connectivity index (χ1v) is 10.8. The Morgan fingerprint density at radius 3 is 2.72 bits per heavy atom. The van der Waals surface area contributed by atoms with Gasteiger partial charge in [-0.2, -0.15) is 9.41 Å². The van der Waals surface area contributed by atoms with E-state index < -0.39 is 22.0 Å². The van der Waals surface area contributed by atoms with E-state index in [2.05, 4.69) is 10.5 Å². The molecule has 8 nitrogen and oxygen atoms in total. The number of sulfonamides is 1. The maximum absolute atomic E-state index is 12.9. The van der Waals surface area contributed by atoms with Crippen LogP contribution in [0, 0.1) is 0 Å². The lowest BCUT2D eigenvalue weighted by Gasteiger charge is -2.22. The first-order chi connectivity index (χ1) is 13.9. The molecular weight excluding hydrogens is 418 g/mol. The molecule has 0 spiro atoms. The van der Waals surface area contributed by atoms with Gasteiger partial charge in [-0.25, -0.2) is 13.8 Å². The molecule has 2 aliphatic rings. The summed E-state index contributed by atoms with van der Waals surface area (Å²) in [6.45, 7) is 0.446. The van der Waals surface area contributed by atoms with Crippen molar-refractivity contribution in [2.75, 3.05) is 13.3 Å². The van der Waals surface area contributed by atoms with Crippen molar-refractivity contribution in [2.45, 2.75) is 23.8 Å². The van der Waals surface area contributed by atoms with E-state index >= 15 is 0 Å². The van der Waals surface area contributed by atoms with Gasteiger partial charge >= 0.3 is 0 Å². The third kappa shape index (κ3) is 4.07. The van der Waals surface area contributed by atoms with Crippen molar-refractivity contribution in [2.24, 2.45) is 5.10 Å². The molecule has 1 amide bonds. The average molecular weight is 436 g/mol. The second-order valence-electron chi connectivity index (χ2n) is 6.57. The zero-order valence-electron chi connectivity index (χ0n) is 15.2. The molecule has 1 atom stereocenters. The van der Waals surface area contributed by atoms with Gasteiger partial charge < -0.3 is 9.47 Å². The number of nitrogens with one attached hydrogen (secondary N) is 1. The van der Waals surface area contributed by atoms with Gasteiger partial charge in [0.25, 0.3) is 5.91 Å². The Hall–Kier alpha value is -2.62. The Labute approximate surface area is 173 Å². The van der Waals surface area contributed by atoms with Gasteiger partial charge in [0.2, 0.25) is 16.8 Å². The molecule has 0 saturated carbocycles. The summed E-state index contributed by atoms with van der Waals surface area (Å²) in [4.78, 5) is 12.7. The summed E-state index contributed by atoms with van der Waals surface area (Å²) in [5, 5.41) is 4.39. The Morgan fingerprint density at radius 1 is 1.17 bits per heavy atom. The number of nitrogens with zero attached hydrogens (tertiary/aromatic N) is 2. The zero-order chi connectivity index (χ0) is 20.4. The number of rotatable bonds is 5. The van der Waals surface area contributed by atoms with E-state index in [1.54, 1.807) is 18.2 Å². The lowest BCUT2D eigenvalue weighted by molar-refractivity contribution is -0.124. The van der Waals surface area contributed by atoms with Gasteiger partial charge in [-0.1, -0.05) is 11.6 Å². The minimum absolute atomic E-state index is 0.102. The number of ether oxygens (including phenoxy) is 2. The van der Waals surface area contributed by atoms with Crippen molar-refractivity contribution in [3.05, 3.63) is 53.1 Å². The molecule has 10 heteroatoms. The van der Waals surface area contributed by atoms with Crippen LogP contribution >= 0.6 is 11.6 Å². The summed E-state index contributed by atoms with van der Waals surface area (Å²) in [6.07, 6.45) is 2.49. The van der Waals surface area contributed by atoms with E-state index in [4.69, 9.17) is 21.1 Å². The van der Waals surface area contributed by atoms with Crippen LogP contribution in [0.5, 0.6) is 11.5 Å². The van der Waals surface area contributed by atoms with Crippen molar-refractivity contribution in [3.8, 4) is 11.5 Å². The van der Waals surface area contributed by atoms with E-state index in [0.29, 0.717) is 34.9 Å². The van der Waals surface area contributed by atoms with Crippen molar-refractivity contribution in [1.82, 2.24) is 9.73 Å². The highest BCUT2D eigenvalue weighted by molar-refractivity contribution is 7.89. The Balaban J connectivity index is 1.44. The second kappa shape index (κ2) is 8.02. The number of benzene rings is 2. The van der Waals surface area contributed by atoms with Crippen LogP contribution in [0.2, 0.25) is 5.02 Å². The molecular formula is C19H18ClN3O5S. The normalized spacial score (nSPS) is 19.0. The summed E-state index contributed by atoms with van der Waals surface area (Å²) < 4.78 is 37.6. The molecule has 0 aliphatic carbocycles. The number of halogens is 1. The van der Waals surface area contributed by atoms with Crippen LogP contribution in [0.4, 0.5) is 0 Å². The smallest absolute Gasteiger partial charge is 0.258 e. The molecule has 0 unspecified atom stereocenters. The van der Waals surface area contributed by atoms with E-state index in [1.807, 2.05) is 0 Å². The fraction of sp³-hybridized carbons (Fsp3) is 0.263. The molecule has 0 aromatic heterocycles. The van der Waals surface area contributed by atoms with Crippen molar-refractivity contribution in [3.63, 3.8) is 0 Å². The highest BCUT2D eigenvalue weighted by Crippen LogP contribution is 2.32. The summed E-state index contributed by atoms with van der Waals surface area (Å²) in [6, 6.07) is 10.3. The third-order valence-corrected chi connectivity index (χ3v) is 6.89. The molecule has 2 heterocycles. The quantitative estimate of drug-likeness (QED) is 0.574. The van der Waals surface area contributed by atoms with Crippen LogP contribution in [0.1, 0.15) is 18.4 Å². The third-order valence-electron chi connectivity index (χ3n) is 4.71. The van der Waals surface area contributed by atoms with Gasteiger partial charge in [0, 0.05) is 11.6 Å². The second-order valence-corrected chi connectivity index (χ2v) is 8.90. The Bertz CT molecular complexity index is 1060. The molecule has 2 aromatic carbocycles. The molecule has 1 fully saturated rings. The molecule has 2 aliphatic heterocycles. The van der Waals surface area contributed by atoms with Crippen LogP contribution in [-0.2, 0) is 14.8 Å². The van der Waals surface area contributed by atoms with E-state index in [9.17, 15) is 13.2 Å². The average Bonchev–Trinajstić information content (AvgIpc) is 3.37. The number of carbonyl (C=O) groups excluding carboxylic acids is 1. The fourth-order valence-electron chi connectivity index (χ4n) is 3.27. The summed E-state index contributed by atoms with van der Waals surface area (Å²) in [5.74, 6) is 0.786. The number of hydrogen-bond donors (Lipinski definition) is 1. The van der Waals surface area contributed by atoms with Crippen LogP contribution in [-0.4, -0.2) is 44.2 Å². The molecule has 1 N–H and O–H groups in total. The topological polar surface area (TPSA) is 97.3 Å². The summed E-state index contributed by atoms with van der Waals surface area (Å²) in [7, 11) is -3.80. The van der Waals surface area contributed by atoms with Crippen LogP contribution < -0.4 is 14.9 Å². The molecule has 4 rings (SSSR count). The van der Waals surface area contributed by atoms with Crippen LogP contribution in [0.25, 0.3) is 0 Å². The highest BCUT2D eigenvalue weighted by Gasteiger charge is 2.39. The lowest BCUT2D eigenvalue weighted by atomic mass is 10.2. The van der Waals surface area contributed by atoms with Crippen molar-refractivity contribution >= 4 is 33.7 Å². The van der Waals surface area contributed by atoms with Gasteiger partial charge in [0.05, 0.1) is 11.1 Å². The van der Waals surface area contributed by atoms with Crippen LogP contribution in [0.3, 0.4) is 0 Å². The number of carbonyl (C=O) groups is 1. The zero-order valence-corrected chi connectivity index (χ0v) is 16.8. The summed E-state index contributed by atoms with van der Waals surface area (Å²) in [5.41, 5.74) is 3.15. The van der Waals surface area contributed by atoms with Gasteiger partial charge in [0.15, 0.2) is 11.5 Å². The van der Waals surface area contributed by atoms with Crippen molar-refractivity contribution < 1.29 is 22.7 Å². The number of fused-ring (bicyclic) bond motifs is 1. The first-order valence-electron chi connectivity index (χ1n) is 8.95. The van der Waals surface area contributed by atoms with Crippen LogP contribution in [0.15, 0.2) is 52.5 Å². The SMILES string of the molecule is O=C(N/N=C\c1ccc2c(c1)OCO2)[C@@H]1CCCN1S(=O)(=O)c1ccc(Cl)cc1. The minimum Gasteiger partial charge on any atom is -0.454 e. The van der Waals surface area contributed by atoms with Gasteiger partial charge in [-0.15, -0.1) is 0 Å². The number of hydrazone groups is 1. The maximum Gasteiger partial charge on any atom is 0.258 e. The molecule has 2 aromatic rings. The predicted molar refractivity (Wildman–Crippen MR) is 107 cm³/mol. The molecule has 0 bridgehead atoms. The fourth-order valence-corrected chi connectivity index (χ4v) is 5.05. The van der Waals surface area contributed by atoms with Gasteiger partial charge in [0.1, 0.15) is 6.04 Å². The highest BCUT2D eigenvalue weighted by atomic mass is 35.5. The monoisotopic (exact) mass is 435 g/mol.